The Hall–Kier alpha value is -1.85. The highest BCUT2D eigenvalue weighted by molar-refractivity contribution is 5.95. The van der Waals surface area contributed by atoms with E-state index in [9.17, 15) is 9.59 Å². The largest absolute Gasteiger partial charge is 0.481 e. The van der Waals surface area contributed by atoms with Crippen LogP contribution in [0.4, 0.5) is 0 Å². The fraction of sp³-hybridized carbons (Fsp3) is 0.643. The van der Waals surface area contributed by atoms with Crippen LogP contribution in [0, 0.1) is 5.92 Å². The van der Waals surface area contributed by atoms with Crippen LogP contribution in [-0.4, -0.2) is 33.3 Å². The maximum Gasteiger partial charge on any atom is 0.308 e. The molecule has 2 heterocycles. The lowest BCUT2D eigenvalue weighted by Crippen LogP contribution is -2.33. The number of carboxylic acids is 1. The zero-order valence-electron chi connectivity index (χ0n) is 11.8. The number of rotatable bonds is 6. The molecule has 0 aromatic carbocycles. The molecule has 1 unspecified atom stereocenters. The number of nitrogens with one attached hydrogen (secondary N) is 1. The van der Waals surface area contributed by atoms with Gasteiger partial charge in [-0.15, -0.1) is 0 Å². The van der Waals surface area contributed by atoms with Crippen molar-refractivity contribution in [2.24, 2.45) is 5.92 Å². The molecule has 0 saturated heterocycles. The molecule has 1 aliphatic heterocycles. The molecule has 6 nitrogen and oxygen atoms in total. The Balaban J connectivity index is 1.98. The smallest absolute Gasteiger partial charge is 0.308 e. The number of carboxylic acid groups (broad SMARTS) is 1. The summed E-state index contributed by atoms with van der Waals surface area (Å²) >= 11 is 0. The van der Waals surface area contributed by atoms with E-state index >= 15 is 0 Å². The van der Waals surface area contributed by atoms with Crippen molar-refractivity contribution in [3.05, 3.63) is 17.5 Å². The third kappa shape index (κ3) is 3.18. The summed E-state index contributed by atoms with van der Waals surface area (Å²) in [7, 11) is 0. The van der Waals surface area contributed by atoms with Gasteiger partial charge in [-0.1, -0.05) is 13.3 Å². The van der Waals surface area contributed by atoms with Crippen molar-refractivity contribution in [2.75, 3.05) is 6.54 Å². The van der Waals surface area contributed by atoms with Crippen LogP contribution in [0.3, 0.4) is 0 Å². The predicted octanol–water partition coefficient (Wildman–Crippen LogP) is 1.45. The van der Waals surface area contributed by atoms with Crippen LogP contribution in [0.15, 0.2) is 6.20 Å². The van der Waals surface area contributed by atoms with E-state index in [1.54, 1.807) is 6.20 Å². The quantitative estimate of drug-likeness (QED) is 0.825. The Kier molecular flexibility index (Phi) is 4.76. The maximum atomic E-state index is 12.2. The van der Waals surface area contributed by atoms with Crippen LogP contribution in [-0.2, 0) is 17.8 Å². The standard InChI is InChI=1S/C14H21N3O3/c1-2-5-10(14(19)20)8-15-13(18)11-9-16-17-7-4-3-6-12(11)17/h9-10H,2-8H2,1H3,(H,15,18)(H,19,20). The molecule has 2 N–H and O–H groups in total. The fourth-order valence-corrected chi connectivity index (χ4v) is 2.58. The zero-order chi connectivity index (χ0) is 14.5. The number of aryl methyl sites for hydroxylation is 1. The van der Waals surface area contributed by atoms with Crippen LogP contribution >= 0.6 is 0 Å². The van der Waals surface area contributed by atoms with E-state index in [0.29, 0.717) is 12.0 Å². The summed E-state index contributed by atoms with van der Waals surface area (Å²) in [5.41, 5.74) is 1.56. The van der Waals surface area contributed by atoms with E-state index in [1.807, 2.05) is 11.6 Å². The van der Waals surface area contributed by atoms with Crippen LogP contribution in [0.1, 0.15) is 48.7 Å². The topological polar surface area (TPSA) is 84.2 Å². The summed E-state index contributed by atoms with van der Waals surface area (Å²) in [6, 6.07) is 0. The fourth-order valence-electron chi connectivity index (χ4n) is 2.58. The summed E-state index contributed by atoms with van der Waals surface area (Å²) < 4.78 is 1.87. The second-order valence-corrected chi connectivity index (χ2v) is 5.22. The average Bonchev–Trinajstić information content (AvgIpc) is 2.86. The van der Waals surface area contributed by atoms with Crippen LogP contribution in [0.5, 0.6) is 0 Å². The normalized spacial score (nSPS) is 15.4. The van der Waals surface area contributed by atoms with E-state index in [-0.39, 0.29) is 12.5 Å². The lowest BCUT2D eigenvalue weighted by Gasteiger charge is -2.15. The minimum Gasteiger partial charge on any atom is -0.481 e. The molecule has 0 aliphatic carbocycles. The molecule has 0 radical (unpaired) electrons. The van der Waals surface area contributed by atoms with Crippen molar-refractivity contribution in [2.45, 2.75) is 45.6 Å². The summed E-state index contributed by atoms with van der Waals surface area (Å²) in [4.78, 5) is 23.2. The van der Waals surface area contributed by atoms with Gasteiger partial charge >= 0.3 is 5.97 Å². The number of hydrogen-bond donors (Lipinski definition) is 2. The summed E-state index contributed by atoms with van der Waals surface area (Å²) in [6.07, 6.45) is 5.97. The Labute approximate surface area is 118 Å². The van der Waals surface area contributed by atoms with Gasteiger partial charge in [0.15, 0.2) is 0 Å². The molecule has 2 rings (SSSR count). The van der Waals surface area contributed by atoms with E-state index in [4.69, 9.17) is 5.11 Å². The minimum absolute atomic E-state index is 0.173. The van der Waals surface area contributed by atoms with Crippen LogP contribution < -0.4 is 5.32 Å². The van der Waals surface area contributed by atoms with E-state index in [1.165, 1.54) is 0 Å². The first-order valence-electron chi connectivity index (χ1n) is 7.19. The molecule has 0 bridgehead atoms. The number of aromatic nitrogens is 2. The van der Waals surface area contributed by atoms with Crippen molar-refractivity contribution in [3.8, 4) is 0 Å². The second kappa shape index (κ2) is 6.54. The molecule has 0 spiro atoms. The third-order valence-electron chi connectivity index (χ3n) is 3.72. The van der Waals surface area contributed by atoms with Crippen molar-refractivity contribution in [1.82, 2.24) is 15.1 Å². The Morgan fingerprint density at radius 2 is 2.30 bits per heavy atom. The molecular weight excluding hydrogens is 258 g/mol. The molecule has 20 heavy (non-hydrogen) atoms. The van der Waals surface area contributed by atoms with Crippen LogP contribution in [0.2, 0.25) is 0 Å². The van der Waals surface area contributed by atoms with Crippen molar-refractivity contribution in [3.63, 3.8) is 0 Å². The lowest BCUT2D eigenvalue weighted by atomic mass is 10.0. The van der Waals surface area contributed by atoms with Gasteiger partial charge in [0.25, 0.3) is 5.91 Å². The highest BCUT2D eigenvalue weighted by Crippen LogP contribution is 2.18. The maximum absolute atomic E-state index is 12.2. The van der Waals surface area contributed by atoms with Gasteiger partial charge in [0.05, 0.1) is 23.4 Å². The molecule has 110 valence electrons. The minimum atomic E-state index is -0.857. The molecule has 0 fully saturated rings. The SMILES string of the molecule is CCCC(CNC(=O)c1cnn2c1CCCC2)C(=O)O. The molecule has 1 aliphatic rings. The average molecular weight is 279 g/mol. The third-order valence-corrected chi connectivity index (χ3v) is 3.72. The highest BCUT2D eigenvalue weighted by atomic mass is 16.4. The number of aliphatic carboxylic acids is 1. The van der Waals surface area contributed by atoms with Gasteiger partial charge in [-0.2, -0.15) is 5.10 Å². The van der Waals surface area contributed by atoms with E-state index in [0.717, 1.165) is 37.9 Å². The van der Waals surface area contributed by atoms with Gasteiger partial charge in [0.1, 0.15) is 0 Å². The van der Waals surface area contributed by atoms with Crippen molar-refractivity contribution in [1.29, 1.82) is 0 Å². The number of amides is 1. The lowest BCUT2D eigenvalue weighted by molar-refractivity contribution is -0.141. The number of carbonyl (C=O) groups excluding carboxylic acids is 1. The molecular formula is C14H21N3O3. The van der Waals surface area contributed by atoms with E-state index < -0.39 is 11.9 Å². The Morgan fingerprint density at radius 1 is 1.50 bits per heavy atom. The molecule has 1 atom stereocenters. The van der Waals surface area contributed by atoms with Gasteiger partial charge in [0, 0.05) is 13.1 Å². The number of carbonyl (C=O) groups is 2. The van der Waals surface area contributed by atoms with Gasteiger partial charge in [-0.05, 0) is 25.7 Å². The molecule has 0 saturated carbocycles. The Bertz CT molecular complexity index is 496. The first-order valence-corrected chi connectivity index (χ1v) is 7.19. The monoisotopic (exact) mass is 279 g/mol. The van der Waals surface area contributed by atoms with Crippen LogP contribution in [0.25, 0.3) is 0 Å². The van der Waals surface area contributed by atoms with E-state index in [2.05, 4.69) is 10.4 Å². The highest BCUT2D eigenvalue weighted by Gasteiger charge is 2.22. The summed E-state index contributed by atoms with van der Waals surface area (Å²) in [5, 5.41) is 16.0. The molecule has 6 heteroatoms. The van der Waals surface area contributed by atoms with Gasteiger partial charge in [0.2, 0.25) is 0 Å². The predicted molar refractivity (Wildman–Crippen MR) is 73.5 cm³/mol. The first-order chi connectivity index (χ1) is 9.63. The number of hydrogen-bond acceptors (Lipinski definition) is 3. The summed E-state index contributed by atoms with van der Waals surface area (Å²) in [5.74, 6) is -1.59. The first kappa shape index (κ1) is 14.6. The van der Waals surface area contributed by atoms with Gasteiger partial charge in [-0.3, -0.25) is 14.3 Å². The molecule has 1 aromatic rings. The van der Waals surface area contributed by atoms with Crippen molar-refractivity contribution >= 4 is 11.9 Å². The zero-order valence-corrected chi connectivity index (χ0v) is 11.8. The summed E-state index contributed by atoms with van der Waals surface area (Å²) in [6.45, 7) is 2.97. The number of fused-ring (bicyclic) bond motifs is 1. The molecule has 1 aromatic heterocycles. The van der Waals surface area contributed by atoms with Gasteiger partial charge < -0.3 is 10.4 Å². The van der Waals surface area contributed by atoms with Gasteiger partial charge in [-0.25, -0.2) is 0 Å². The number of nitrogens with zero attached hydrogens (tertiary/aromatic N) is 2. The second-order valence-electron chi connectivity index (χ2n) is 5.22. The van der Waals surface area contributed by atoms with Crippen molar-refractivity contribution < 1.29 is 14.7 Å². The molecule has 1 amide bonds. The Morgan fingerprint density at radius 3 is 3.00 bits per heavy atom.